The molecule has 1 saturated heterocycles. The summed E-state index contributed by atoms with van der Waals surface area (Å²) in [6, 6.07) is -1.45. The van der Waals surface area contributed by atoms with Crippen LogP contribution in [0.25, 0.3) is 0 Å². The molecule has 8 heteroatoms. The largest absolute Gasteiger partial charge is 0.395 e. The third kappa shape index (κ3) is 7.38. The minimum Gasteiger partial charge on any atom is -0.395 e. The van der Waals surface area contributed by atoms with Gasteiger partial charge in [-0.3, -0.25) is 9.69 Å². The molecule has 1 heterocycles. The number of rotatable bonds is 18. The molecule has 4 atom stereocenters. The molecule has 1 aliphatic heterocycles. The Morgan fingerprint density at radius 3 is 1.57 bits per heavy atom. The zero-order valence-electron chi connectivity index (χ0n) is 28.5. The van der Waals surface area contributed by atoms with Gasteiger partial charge in [-0.15, -0.1) is 0 Å². The van der Waals surface area contributed by atoms with Crippen molar-refractivity contribution in [3.05, 3.63) is 0 Å². The van der Waals surface area contributed by atoms with Gasteiger partial charge in [0.15, 0.2) is 0 Å². The van der Waals surface area contributed by atoms with Crippen molar-refractivity contribution in [3.63, 3.8) is 0 Å². The van der Waals surface area contributed by atoms with Crippen molar-refractivity contribution in [2.24, 2.45) is 46.3 Å². The van der Waals surface area contributed by atoms with Crippen LogP contribution in [-0.4, -0.2) is 96.5 Å². The van der Waals surface area contributed by atoms with Gasteiger partial charge < -0.3 is 30.1 Å². The van der Waals surface area contributed by atoms with Crippen LogP contribution in [0, 0.1) is 46.3 Å². The van der Waals surface area contributed by atoms with Crippen LogP contribution < -0.4 is 5.32 Å². The van der Waals surface area contributed by atoms with Gasteiger partial charge in [0.2, 0.25) is 5.91 Å². The quantitative estimate of drug-likeness (QED) is 0.161. The van der Waals surface area contributed by atoms with E-state index in [9.17, 15) is 20.1 Å². The Labute approximate surface area is 277 Å². The van der Waals surface area contributed by atoms with Gasteiger partial charge in [-0.25, -0.2) is 0 Å². The maximum atomic E-state index is 13.2. The molecule has 9 fully saturated rings. The van der Waals surface area contributed by atoms with Crippen molar-refractivity contribution in [2.45, 2.75) is 140 Å². The standard InChI is InChI=1S/C38H64N2O6/c41-23-32-34(42)35(43)33(40(32)8-4-2-6-10-46-25-38-20-29-14-30(21-38)16-31(15-29)22-38)36(44)39-7-3-1-5-9-45-24-37-17-26-11-27(18-37)13-28(12-26)19-37/h26-35,41-43H,1-25H2,(H,39,44)/t26?,27?,28?,29?,30?,31?,32-,33+,34+,35-,37?,38?/m1/s1. The minimum atomic E-state index is -1.20. The highest BCUT2D eigenvalue weighted by Gasteiger charge is 2.52. The summed E-state index contributed by atoms with van der Waals surface area (Å²) < 4.78 is 12.5. The summed E-state index contributed by atoms with van der Waals surface area (Å²) in [5, 5.41) is 34.4. The van der Waals surface area contributed by atoms with Gasteiger partial charge in [-0.05, 0) is 168 Å². The second-order valence-corrected chi connectivity index (χ2v) is 17.8. The molecule has 8 bridgehead atoms. The Balaban J connectivity index is 0.764. The van der Waals surface area contributed by atoms with Crippen molar-refractivity contribution in [1.82, 2.24) is 10.2 Å². The normalized spacial score (nSPS) is 44.0. The molecule has 8 saturated carbocycles. The molecular formula is C38H64N2O6. The Bertz CT molecular complexity index is 951. The summed E-state index contributed by atoms with van der Waals surface area (Å²) in [5.74, 6) is 5.48. The average molecular weight is 645 g/mol. The summed E-state index contributed by atoms with van der Waals surface area (Å²) in [5.41, 5.74) is 0.919. The summed E-state index contributed by atoms with van der Waals surface area (Å²) in [6.45, 7) is 4.26. The first kappa shape index (κ1) is 33.7. The number of unbranched alkanes of at least 4 members (excludes halogenated alkanes) is 4. The molecule has 1 amide bonds. The van der Waals surface area contributed by atoms with Gasteiger partial charge in [-0.2, -0.15) is 0 Å². The molecule has 0 aromatic heterocycles. The molecule has 0 aromatic carbocycles. The molecule has 0 spiro atoms. The number of nitrogens with one attached hydrogen (secondary N) is 1. The number of hydrogen-bond acceptors (Lipinski definition) is 7. The van der Waals surface area contributed by atoms with E-state index in [4.69, 9.17) is 9.47 Å². The first-order valence-electron chi connectivity index (χ1n) is 19.5. The lowest BCUT2D eigenvalue weighted by molar-refractivity contribution is -0.129. The minimum absolute atomic E-state index is 0.250. The monoisotopic (exact) mass is 644 g/mol. The lowest BCUT2D eigenvalue weighted by Gasteiger charge is -2.56. The predicted molar refractivity (Wildman–Crippen MR) is 177 cm³/mol. The first-order chi connectivity index (χ1) is 22.3. The number of aliphatic hydroxyl groups excluding tert-OH is 3. The fraction of sp³-hybridized carbons (Fsp3) is 0.974. The average Bonchev–Trinajstić information content (AvgIpc) is 3.24. The first-order valence-corrected chi connectivity index (χ1v) is 19.5. The number of ether oxygens (including phenoxy) is 2. The summed E-state index contributed by atoms with van der Waals surface area (Å²) >= 11 is 0. The molecule has 0 aromatic rings. The van der Waals surface area contributed by atoms with Crippen LogP contribution in [0.15, 0.2) is 0 Å². The van der Waals surface area contributed by atoms with Crippen molar-refractivity contribution in [1.29, 1.82) is 0 Å². The number of likely N-dealkylation sites (tertiary alicyclic amines) is 1. The zero-order valence-corrected chi connectivity index (χ0v) is 28.5. The maximum absolute atomic E-state index is 13.2. The summed E-state index contributed by atoms with van der Waals surface area (Å²) in [7, 11) is 0. The van der Waals surface area contributed by atoms with Gasteiger partial charge in [0.1, 0.15) is 12.1 Å². The number of nitrogens with zero attached hydrogens (tertiary/aromatic N) is 1. The number of carbonyl (C=O) groups is 1. The van der Waals surface area contributed by atoms with Gasteiger partial charge in [0.25, 0.3) is 0 Å². The number of aliphatic hydroxyl groups is 3. The lowest BCUT2D eigenvalue weighted by atomic mass is 9.50. The van der Waals surface area contributed by atoms with Crippen molar-refractivity contribution < 1.29 is 29.6 Å². The van der Waals surface area contributed by atoms with Gasteiger partial charge in [-0.1, -0.05) is 0 Å². The molecule has 262 valence electrons. The molecule has 9 aliphatic rings. The number of carbonyl (C=O) groups excluding carboxylic acids is 1. The molecular weight excluding hydrogens is 580 g/mol. The van der Waals surface area contributed by atoms with Crippen LogP contribution in [0.2, 0.25) is 0 Å². The maximum Gasteiger partial charge on any atom is 0.240 e. The van der Waals surface area contributed by atoms with Crippen LogP contribution in [0.5, 0.6) is 0 Å². The van der Waals surface area contributed by atoms with E-state index in [1.165, 1.54) is 77.0 Å². The van der Waals surface area contributed by atoms with Gasteiger partial charge >= 0.3 is 0 Å². The van der Waals surface area contributed by atoms with Crippen molar-refractivity contribution in [3.8, 4) is 0 Å². The van der Waals surface area contributed by atoms with E-state index in [-0.39, 0.29) is 12.5 Å². The lowest BCUT2D eigenvalue weighted by Crippen LogP contribution is -2.50. The highest BCUT2D eigenvalue weighted by atomic mass is 16.5. The smallest absolute Gasteiger partial charge is 0.240 e. The molecule has 4 N–H and O–H groups in total. The highest BCUT2D eigenvalue weighted by molar-refractivity contribution is 5.83. The molecule has 9 rings (SSSR count). The number of amides is 1. The fourth-order valence-corrected chi connectivity index (χ4v) is 12.8. The predicted octanol–water partition coefficient (Wildman–Crippen LogP) is 4.68. The third-order valence-electron chi connectivity index (χ3n) is 13.9. The zero-order chi connectivity index (χ0) is 31.7. The van der Waals surface area contributed by atoms with Crippen molar-refractivity contribution >= 4 is 5.91 Å². The highest BCUT2D eigenvalue weighted by Crippen LogP contribution is 2.61. The van der Waals surface area contributed by atoms with E-state index < -0.39 is 24.3 Å². The third-order valence-corrected chi connectivity index (χ3v) is 13.9. The van der Waals surface area contributed by atoms with E-state index in [0.717, 1.165) is 100 Å². The fourth-order valence-electron chi connectivity index (χ4n) is 12.8. The Morgan fingerprint density at radius 2 is 1.11 bits per heavy atom. The van der Waals surface area contributed by atoms with Crippen LogP contribution in [0.3, 0.4) is 0 Å². The van der Waals surface area contributed by atoms with Crippen molar-refractivity contribution in [2.75, 3.05) is 46.1 Å². The van der Waals surface area contributed by atoms with Crippen LogP contribution in [0.1, 0.15) is 116 Å². The summed E-state index contributed by atoms with van der Waals surface area (Å²) in [4.78, 5) is 15.0. The van der Waals surface area contributed by atoms with E-state index in [2.05, 4.69) is 5.32 Å². The molecule has 0 radical (unpaired) electrons. The van der Waals surface area contributed by atoms with Crippen LogP contribution in [0.4, 0.5) is 0 Å². The van der Waals surface area contributed by atoms with E-state index >= 15 is 0 Å². The Morgan fingerprint density at radius 1 is 0.652 bits per heavy atom. The van der Waals surface area contributed by atoms with E-state index in [0.29, 0.717) is 23.9 Å². The Kier molecular flexibility index (Phi) is 10.7. The summed E-state index contributed by atoms with van der Waals surface area (Å²) in [6.07, 6.45) is 20.4. The van der Waals surface area contributed by atoms with Crippen LogP contribution >= 0.6 is 0 Å². The van der Waals surface area contributed by atoms with Gasteiger partial charge in [0, 0.05) is 19.8 Å². The van der Waals surface area contributed by atoms with E-state index in [1.54, 1.807) is 0 Å². The number of hydrogen-bond donors (Lipinski definition) is 4. The van der Waals surface area contributed by atoms with E-state index in [1.807, 2.05) is 4.90 Å². The second kappa shape index (κ2) is 14.6. The molecule has 46 heavy (non-hydrogen) atoms. The molecule has 8 aliphatic carbocycles. The van der Waals surface area contributed by atoms with Gasteiger partial charge in [0.05, 0.1) is 32.0 Å². The Hall–Kier alpha value is -0.770. The SMILES string of the molecule is O=C(NCCCCCOCC12CC3CC(CC(C3)C1)C2)[C@@H]1[C@@H](O)[C@@H](O)[C@@H](CO)N1CCCCCOCC12CC3CC(CC(C3)C1)C2. The van der Waals surface area contributed by atoms with Crippen LogP contribution in [-0.2, 0) is 14.3 Å². The topological polar surface area (TPSA) is 111 Å². The second-order valence-electron chi connectivity index (χ2n) is 17.8. The molecule has 8 nitrogen and oxygen atoms in total. The molecule has 0 unspecified atom stereocenters.